The van der Waals surface area contributed by atoms with E-state index in [4.69, 9.17) is 0 Å². The van der Waals surface area contributed by atoms with E-state index in [-0.39, 0.29) is 0 Å². The van der Waals surface area contributed by atoms with Crippen LogP contribution in [-0.2, 0) is 6.54 Å². The summed E-state index contributed by atoms with van der Waals surface area (Å²) < 4.78 is 1.02. The van der Waals surface area contributed by atoms with E-state index >= 15 is 0 Å². The molecule has 0 aliphatic heterocycles. The number of rotatable bonds is 5. The van der Waals surface area contributed by atoms with E-state index in [2.05, 4.69) is 15.9 Å². The van der Waals surface area contributed by atoms with Gasteiger partial charge in [0.2, 0.25) is 0 Å². The smallest absolute Gasteiger partial charge is 0.338 e. The quantitative estimate of drug-likeness (QED) is 0.791. The average Bonchev–Trinajstić information content (AvgIpc) is 2.48. The number of halogens is 1. The Labute approximate surface area is 137 Å². The minimum atomic E-state index is -0.895. The predicted molar refractivity (Wildman–Crippen MR) is 91.4 cm³/mol. The van der Waals surface area contributed by atoms with Gasteiger partial charge in [0.05, 0.1) is 11.3 Å². The Bertz CT molecular complexity index is 660. The van der Waals surface area contributed by atoms with Crippen LogP contribution in [0.2, 0.25) is 0 Å². The van der Waals surface area contributed by atoms with Crippen molar-refractivity contribution >= 4 is 39.3 Å². The second kappa shape index (κ2) is 7.00. The molecule has 0 atom stereocenters. The second-order valence-corrected chi connectivity index (χ2v) is 6.31. The number of thioether (sulfide) groups is 1. The van der Waals surface area contributed by atoms with Gasteiger partial charge in [0.25, 0.3) is 0 Å². The van der Waals surface area contributed by atoms with Crippen LogP contribution in [0, 0.1) is 0 Å². The Balaban J connectivity index is 2.37. The van der Waals surface area contributed by atoms with Crippen LogP contribution < -0.4 is 4.90 Å². The van der Waals surface area contributed by atoms with Crippen molar-refractivity contribution in [1.82, 2.24) is 0 Å². The zero-order chi connectivity index (χ0) is 15.4. The van der Waals surface area contributed by atoms with Crippen molar-refractivity contribution in [3.63, 3.8) is 0 Å². The highest BCUT2D eigenvalue weighted by Gasteiger charge is 2.18. The summed E-state index contributed by atoms with van der Waals surface area (Å²) >= 11 is 4.97. The first-order valence-corrected chi connectivity index (χ1v) is 8.41. The molecule has 0 heterocycles. The van der Waals surface area contributed by atoms with Crippen LogP contribution >= 0.6 is 27.7 Å². The van der Waals surface area contributed by atoms with E-state index < -0.39 is 5.97 Å². The highest BCUT2D eigenvalue weighted by Crippen LogP contribution is 2.30. The van der Waals surface area contributed by atoms with Gasteiger partial charge in [0, 0.05) is 23.0 Å². The zero-order valence-electron chi connectivity index (χ0n) is 11.8. The predicted octanol–water partition coefficient (Wildman–Crippen LogP) is 4.51. The van der Waals surface area contributed by atoms with Crippen LogP contribution in [0.25, 0.3) is 0 Å². The summed E-state index contributed by atoms with van der Waals surface area (Å²) in [6, 6.07) is 13.5. The summed E-state index contributed by atoms with van der Waals surface area (Å²) in [5, 5.41) is 9.50. The molecule has 0 bridgehead atoms. The highest BCUT2D eigenvalue weighted by atomic mass is 79.9. The Hall–Kier alpha value is -1.46. The lowest BCUT2D eigenvalue weighted by Crippen LogP contribution is -2.20. The molecule has 21 heavy (non-hydrogen) atoms. The van der Waals surface area contributed by atoms with Crippen molar-refractivity contribution < 1.29 is 9.90 Å². The van der Waals surface area contributed by atoms with E-state index in [1.54, 1.807) is 0 Å². The molecule has 5 heteroatoms. The maximum absolute atomic E-state index is 11.6. The molecule has 2 aromatic carbocycles. The standard InChI is InChI=1S/C16H16BrNO2S/c1-18(10-11-6-3-4-7-12(11)17)13-8-5-9-14(21-2)15(13)16(19)20/h3-9H,10H2,1-2H3,(H,19,20). The number of carboxylic acids is 1. The Morgan fingerprint density at radius 1 is 1.24 bits per heavy atom. The Morgan fingerprint density at radius 3 is 2.57 bits per heavy atom. The Morgan fingerprint density at radius 2 is 1.95 bits per heavy atom. The average molecular weight is 366 g/mol. The lowest BCUT2D eigenvalue weighted by Gasteiger charge is -2.23. The van der Waals surface area contributed by atoms with Gasteiger partial charge in [0.15, 0.2) is 0 Å². The van der Waals surface area contributed by atoms with E-state index in [0.29, 0.717) is 12.1 Å². The first-order valence-electron chi connectivity index (χ1n) is 6.39. The fourth-order valence-electron chi connectivity index (χ4n) is 2.19. The van der Waals surface area contributed by atoms with Gasteiger partial charge in [-0.15, -0.1) is 11.8 Å². The molecule has 0 unspecified atom stereocenters. The summed E-state index contributed by atoms with van der Waals surface area (Å²) in [7, 11) is 1.91. The van der Waals surface area contributed by atoms with Gasteiger partial charge in [-0.2, -0.15) is 0 Å². The molecule has 0 radical (unpaired) electrons. The minimum absolute atomic E-state index is 0.361. The molecular weight excluding hydrogens is 350 g/mol. The van der Waals surface area contributed by atoms with E-state index in [9.17, 15) is 9.90 Å². The molecule has 0 aliphatic carbocycles. The van der Waals surface area contributed by atoms with Crippen LogP contribution in [0.4, 0.5) is 5.69 Å². The summed E-state index contributed by atoms with van der Waals surface area (Å²) in [6.07, 6.45) is 1.89. The fourth-order valence-corrected chi connectivity index (χ4v) is 3.21. The fraction of sp³-hybridized carbons (Fsp3) is 0.188. The third-order valence-corrected chi connectivity index (χ3v) is 4.77. The van der Waals surface area contributed by atoms with E-state index in [1.807, 2.05) is 60.7 Å². The van der Waals surface area contributed by atoms with Crippen molar-refractivity contribution in [2.75, 3.05) is 18.2 Å². The maximum atomic E-state index is 11.6. The number of carbonyl (C=O) groups is 1. The van der Waals surface area contributed by atoms with Crippen molar-refractivity contribution in [2.24, 2.45) is 0 Å². The number of carboxylic acid groups (broad SMARTS) is 1. The third-order valence-electron chi connectivity index (χ3n) is 3.21. The van der Waals surface area contributed by atoms with Crippen LogP contribution in [0.1, 0.15) is 15.9 Å². The largest absolute Gasteiger partial charge is 0.478 e. The summed E-state index contributed by atoms with van der Waals surface area (Å²) in [5.41, 5.74) is 2.20. The lowest BCUT2D eigenvalue weighted by atomic mass is 10.1. The summed E-state index contributed by atoms with van der Waals surface area (Å²) in [5.74, 6) is -0.895. The highest BCUT2D eigenvalue weighted by molar-refractivity contribution is 9.10. The molecule has 1 N–H and O–H groups in total. The number of hydrogen-bond donors (Lipinski definition) is 1. The number of anilines is 1. The molecular formula is C16H16BrNO2S. The summed E-state index contributed by atoms with van der Waals surface area (Å²) in [4.78, 5) is 14.3. The Kier molecular flexibility index (Phi) is 5.31. The molecule has 0 amide bonds. The number of hydrogen-bond acceptors (Lipinski definition) is 3. The van der Waals surface area contributed by atoms with Crippen molar-refractivity contribution in [2.45, 2.75) is 11.4 Å². The third kappa shape index (κ3) is 3.60. The molecule has 2 aromatic rings. The number of benzene rings is 2. The normalized spacial score (nSPS) is 10.4. The second-order valence-electron chi connectivity index (χ2n) is 4.61. The van der Waals surface area contributed by atoms with Gasteiger partial charge in [0.1, 0.15) is 0 Å². The van der Waals surface area contributed by atoms with Crippen molar-refractivity contribution in [1.29, 1.82) is 0 Å². The van der Waals surface area contributed by atoms with Gasteiger partial charge < -0.3 is 10.0 Å². The lowest BCUT2D eigenvalue weighted by molar-refractivity contribution is 0.0694. The van der Waals surface area contributed by atoms with Gasteiger partial charge in [-0.3, -0.25) is 0 Å². The molecule has 0 aromatic heterocycles. The molecule has 3 nitrogen and oxygen atoms in total. The molecule has 2 rings (SSSR count). The van der Waals surface area contributed by atoms with Crippen molar-refractivity contribution in [3.05, 3.63) is 58.1 Å². The number of nitrogens with zero attached hydrogens (tertiary/aromatic N) is 1. The molecule has 110 valence electrons. The summed E-state index contributed by atoms with van der Waals surface area (Å²) in [6.45, 7) is 0.638. The van der Waals surface area contributed by atoms with Gasteiger partial charge in [-0.1, -0.05) is 40.2 Å². The van der Waals surface area contributed by atoms with Gasteiger partial charge >= 0.3 is 5.97 Å². The SMILES string of the molecule is CSc1cccc(N(C)Cc2ccccc2Br)c1C(=O)O. The molecule has 0 fully saturated rings. The van der Waals surface area contributed by atoms with E-state index in [1.165, 1.54) is 11.8 Å². The molecule has 0 spiro atoms. The van der Waals surface area contributed by atoms with Crippen LogP contribution in [-0.4, -0.2) is 24.4 Å². The first-order chi connectivity index (χ1) is 10.0. The van der Waals surface area contributed by atoms with Crippen molar-refractivity contribution in [3.8, 4) is 0 Å². The number of aromatic carboxylic acids is 1. The van der Waals surface area contributed by atoms with Crippen LogP contribution in [0.15, 0.2) is 51.8 Å². The topological polar surface area (TPSA) is 40.5 Å². The van der Waals surface area contributed by atoms with Gasteiger partial charge in [-0.05, 0) is 30.0 Å². The first kappa shape index (κ1) is 15.9. The molecule has 0 aliphatic rings. The van der Waals surface area contributed by atoms with Gasteiger partial charge in [-0.25, -0.2) is 4.79 Å². The van der Waals surface area contributed by atoms with Crippen LogP contribution in [0.5, 0.6) is 0 Å². The molecule has 0 saturated carbocycles. The minimum Gasteiger partial charge on any atom is -0.478 e. The maximum Gasteiger partial charge on any atom is 0.338 e. The monoisotopic (exact) mass is 365 g/mol. The van der Waals surface area contributed by atoms with E-state index in [0.717, 1.165) is 20.6 Å². The molecule has 0 saturated heterocycles. The zero-order valence-corrected chi connectivity index (χ0v) is 14.2. The van der Waals surface area contributed by atoms with Crippen LogP contribution in [0.3, 0.4) is 0 Å².